The summed E-state index contributed by atoms with van der Waals surface area (Å²) in [5, 5.41) is 5.47. The van der Waals surface area contributed by atoms with Crippen LogP contribution in [0.1, 0.15) is 29.8 Å². The van der Waals surface area contributed by atoms with Crippen molar-refractivity contribution in [1.82, 2.24) is 5.32 Å². The van der Waals surface area contributed by atoms with Gasteiger partial charge < -0.3 is 15.5 Å². The van der Waals surface area contributed by atoms with Gasteiger partial charge >= 0.3 is 0 Å². The van der Waals surface area contributed by atoms with E-state index in [1.807, 2.05) is 37.4 Å². The van der Waals surface area contributed by atoms with E-state index in [2.05, 4.69) is 10.6 Å². The fourth-order valence-electron chi connectivity index (χ4n) is 3.56. The molecule has 0 aromatic heterocycles. The Hall–Kier alpha value is -3.19. The van der Waals surface area contributed by atoms with Crippen LogP contribution in [0, 0.1) is 0 Å². The number of carbonyl (C=O) groups is 3. The van der Waals surface area contributed by atoms with Crippen LogP contribution in [-0.4, -0.2) is 43.9 Å². The van der Waals surface area contributed by atoms with Crippen LogP contribution in [0.15, 0.2) is 48.5 Å². The second kappa shape index (κ2) is 8.05. The third kappa shape index (κ3) is 4.14. The Labute approximate surface area is 170 Å². The van der Waals surface area contributed by atoms with Crippen LogP contribution in [0.25, 0.3) is 0 Å². The molecule has 7 heteroatoms. The molecule has 7 nitrogen and oxygen atoms in total. The number of rotatable bonds is 5. The Kier molecular flexibility index (Phi) is 5.70. The topological polar surface area (TPSA) is 82.9 Å². The summed E-state index contributed by atoms with van der Waals surface area (Å²) in [6, 6.07) is 14.7. The van der Waals surface area contributed by atoms with Crippen molar-refractivity contribution in [3.63, 3.8) is 0 Å². The molecule has 0 spiro atoms. The Balaban J connectivity index is 1.73. The minimum absolute atomic E-state index is 0.114. The Morgan fingerprint density at radius 2 is 1.76 bits per heavy atom. The highest BCUT2D eigenvalue weighted by molar-refractivity contribution is 6.14. The van der Waals surface area contributed by atoms with Gasteiger partial charge in [0.15, 0.2) is 6.54 Å². The molecule has 2 aromatic carbocycles. The van der Waals surface area contributed by atoms with Gasteiger partial charge in [-0.2, -0.15) is 0 Å². The molecule has 1 heterocycles. The highest BCUT2D eigenvalue weighted by atomic mass is 16.2. The average Bonchev–Trinajstić information content (AvgIpc) is 2.68. The molecular formula is C22H27N4O3+. The number of para-hydroxylation sites is 2. The van der Waals surface area contributed by atoms with Gasteiger partial charge in [-0.25, -0.2) is 0 Å². The van der Waals surface area contributed by atoms with Crippen LogP contribution < -0.4 is 20.4 Å². The Morgan fingerprint density at radius 1 is 1.10 bits per heavy atom. The first-order valence-electron chi connectivity index (χ1n) is 9.60. The molecule has 3 N–H and O–H groups in total. The van der Waals surface area contributed by atoms with Crippen molar-refractivity contribution >= 4 is 29.1 Å². The number of nitrogens with zero attached hydrogens (tertiary/aromatic N) is 1. The molecule has 29 heavy (non-hydrogen) atoms. The van der Waals surface area contributed by atoms with Crippen molar-refractivity contribution in [2.75, 3.05) is 30.9 Å². The summed E-state index contributed by atoms with van der Waals surface area (Å²) in [6.45, 7) is 4.37. The van der Waals surface area contributed by atoms with Crippen molar-refractivity contribution < 1.29 is 19.3 Å². The lowest BCUT2D eigenvalue weighted by Gasteiger charge is -2.42. The lowest BCUT2D eigenvalue weighted by atomic mass is 9.96. The molecule has 0 radical (unpaired) electrons. The predicted octanol–water partition coefficient (Wildman–Crippen LogP) is 0.825. The van der Waals surface area contributed by atoms with Crippen LogP contribution in [0.5, 0.6) is 0 Å². The van der Waals surface area contributed by atoms with Crippen molar-refractivity contribution in [2.45, 2.75) is 25.9 Å². The SMILES string of the molecule is CNC(=O)c1ccc(C[NH+](C)CC(=O)N2c3ccccc3NC(=O)C2(C)C)cc1. The molecule has 1 unspecified atom stereocenters. The summed E-state index contributed by atoms with van der Waals surface area (Å²) in [4.78, 5) is 40.0. The molecule has 0 bridgehead atoms. The van der Waals surface area contributed by atoms with E-state index >= 15 is 0 Å². The zero-order valence-electron chi connectivity index (χ0n) is 17.2. The van der Waals surface area contributed by atoms with E-state index in [0.717, 1.165) is 10.5 Å². The van der Waals surface area contributed by atoms with E-state index in [9.17, 15) is 14.4 Å². The number of anilines is 2. The molecule has 3 rings (SSSR count). The summed E-state index contributed by atoms with van der Waals surface area (Å²) < 4.78 is 0. The van der Waals surface area contributed by atoms with Crippen LogP contribution in [-0.2, 0) is 16.1 Å². The molecule has 0 saturated carbocycles. The fraction of sp³-hybridized carbons (Fsp3) is 0.318. The monoisotopic (exact) mass is 395 g/mol. The van der Waals surface area contributed by atoms with Crippen molar-refractivity contribution in [3.05, 3.63) is 59.7 Å². The number of amides is 3. The van der Waals surface area contributed by atoms with Gasteiger partial charge in [0.1, 0.15) is 12.1 Å². The second-order valence-corrected chi connectivity index (χ2v) is 7.85. The van der Waals surface area contributed by atoms with E-state index in [1.54, 1.807) is 44.0 Å². The summed E-state index contributed by atoms with van der Waals surface area (Å²) in [6.07, 6.45) is 0. The minimum Gasteiger partial charge on any atom is -0.355 e. The summed E-state index contributed by atoms with van der Waals surface area (Å²) in [5.41, 5.74) is 2.01. The maximum Gasteiger partial charge on any atom is 0.283 e. The first-order valence-corrected chi connectivity index (χ1v) is 9.60. The molecule has 3 amide bonds. The number of benzene rings is 2. The third-order valence-corrected chi connectivity index (χ3v) is 5.16. The maximum atomic E-state index is 13.2. The van der Waals surface area contributed by atoms with Crippen LogP contribution in [0.3, 0.4) is 0 Å². The van der Waals surface area contributed by atoms with E-state index in [0.29, 0.717) is 23.5 Å². The van der Waals surface area contributed by atoms with Gasteiger partial charge in [-0.1, -0.05) is 24.3 Å². The number of hydrogen-bond donors (Lipinski definition) is 3. The molecule has 0 fully saturated rings. The first-order chi connectivity index (χ1) is 13.7. The molecule has 1 aliphatic rings. The number of nitrogens with one attached hydrogen (secondary N) is 3. The summed E-state index contributed by atoms with van der Waals surface area (Å²) >= 11 is 0. The maximum absolute atomic E-state index is 13.2. The predicted molar refractivity (Wildman–Crippen MR) is 112 cm³/mol. The van der Waals surface area contributed by atoms with E-state index < -0.39 is 5.54 Å². The number of hydrogen-bond acceptors (Lipinski definition) is 3. The Morgan fingerprint density at radius 3 is 2.41 bits per heavy atom. The first kappa shape index (κ1) is 20.5. The molecule has 0 aliphatic carbocycles. The largest absolute Gasteiger partial charge is 0.355 e. The molecule has 152 valence electrons. The zero-order valence-corrected chi connectivity index (χ0v) is 17.2. The highest BCUT2D eigenvalue weighted by Crippen LogP contribution is 2.36. The summed E-state index contributed by atoms with van der Waals surface area (Å²) in [7, 11) is 3.54. The van der Waals surface area contributed by atoms with Gasteiger partial charge in [-0.05, 0) is 38.1 Å². The van der Waals surface area contributed by atoms with Crippen LogP contribution >= 0.6 is 0 Å². The van der Waals surface area contributed by atoms with Gasteiger partial charge in [-0.3, -0.25) is 19.3 Å². The number of quaternary nitrogens is 1. The quantitative estimate of drug-likeness (QED) is 0.701. The average molecular weight is 395 g/mol. The minimum atomic E-state index is -0.971. The van der Waals surface area contributed by atoms with Gasteiger partial charge in [0.25, 0.3) is 11.8 Å². The second-order valence-electron chi connectivity index (χ2n) is 7.85. The van der Waals surface area contributed by atoms with Gasteiger partial charge in [0, 0.05) is 18.2 Å². The standard InChI is InChI=1S/C22H26N4O3/c1-22(2)21(29)24-17-7-5-6-8-18(17)26(22)19(27)14-25(4)13-15-9-11-16(12-10-15)20(28)23-3/h5-12H,13-14H2,1-4H3,(H,23,28)(H,24,29)/p+1. The van der Waals surface area contributed by atoms with E-state index in [4.69, 9.17) is 0 Å². The van der Waals surface area contributed by atoms with Gasteiger partial charge in [0.05, 0.1) is 18.4 Å². The fourth-order valence-corrected chi connectivity index (χ4v) is 3.56. The van der Waals surface area contributed by atoms with Gasteiger partial charge in [0.2, 0.25) is 5.91 Å². The number of carbonyl (C=O) groups excluding carboxylic acids is 3. The van der Waals surface area contributed by atoms with E-state index in [1.165, 1.54) is 0 Å². The van der Waals surface area contributed by atoms with E-state index in [-0.39, 0.29) is 24.3 Å². The molecular weight excluding hydrogens is 368 g/mol. The Bertz CT molecular complexity index is 937. The number of fused-ring (bicyclic) bond motifs is 1. The van der Waals surface area contributed by atoms with Crippen LogP contribution in [0.4, 0.5) is 11.4 Å². The van der Waals surface area contributed by atoms with Crippen LogP contribution in [0.2, 0.25) is 0 Å². The molecule has 1 atom stereocenters. The van der Waals surface area contributed by atoms with Gasteiger partial charge in [-0.15, -0.1) is 0 Å². The summed E-state index contributed by atoms with van der Waals surface area (Å²) in [5.74, 6) is -0.444. The zero-order chi connectivity index (χ0) is 21.2. The normalized spacial score (nSPS) is 15.9. The molecule has 0 saturated heterocycles. The highest BCUT2D eigenvalue weighted by Gasteiger charge is 2.44. The smallest absolute Gasteiger partial charge is 0.283 e. The molecule has 2 aromatic rings. The lowest BCUT2D eigenvalue weighted by Crippen LogP contribution is -3.09. The number of likely N-dealkylation sites (N-methyl/N-ethyl adjacent to an activating group) is 1. The van der Waals surface area contributed by atoms with Crippen molar-refractivity contribution in [2.24, 2.45) is 0 Å². The third-order valence-electron chi connectivity index (χ3n) is 5.16. The van der Waals surface area contributed by atoms with Crippen molar-refractivity contribution in [3.8, 4) is 0 Å². The lowest BCUT2D eigenvalue weighted by molar-refractivity contribution is -0.885. The van der Waals surface area contributed by atoms with Crippen molar-refractivity contribution in [1.29, 1.82) is 0 Å². The molecule has 1 aliphatic heterocycles.